The number of nitrogens with zero attached hydrogens (tertiary/aromatic N) is 3. The van der Waals surface area contributed by atoms with Crippen LogP contribution in [0.5, 0.6) is 0 Å². The van der Waals surface area contributed by atoms with Gasteiger partial charge in [0.25, 0.3) is 0 Å². The van der Waals surface area contributed by atoms with Crippen LogP contribution in [-0.4, -0.2) is 0 Å². The van der Waals surface area contributed by atoms with Crippen molar-refractivity contribution in [3.63, 3.8) is 0 Å². The van der Waals surface area contributed by atoms with Crippen molar-refractivity contribution in [2.45, 2.75) is 6.92 Å². The Kier molecular flexibility index (Phi) is 18.7. The molecule has 3 heteroatoms. The number of rotatable bonds is 20. The molecule has 0 aliphatic rings. The van der Waals surface area contributed by atoms with Crippen molar-refractivity contribution >= 4 is 73.8 Å². The van der Waals surface area contributed by atoms with Gasteiger partial charge >= 0.3 is 0 Å². The number of aryl methyl sites for hydroxylation is 1. The normalized spacial score (nSPS) is 11.4. The van der Waals surface area contributed by atoms with Crippen LogP contribution in [0.1, 0.15) is 50.1 Å². The topological polar surface area (TPSA) is 9.72 Å². The minimum Gasteiger partial charge on any atom is -0.317 e. The molecule has 0 saturated carbocycles. The van der Waals surface area contributed by atoms with Gasteiger partial charge in [-0.1, -0.05) is 327 Å². The molecule has 0 fully saturated rings. The van der Waals surface area contributed by atoms with Crippen LogP contribution in [0, 0.1) is 6.92 Å². The number of anilines is 6. The summed E-state index contributed by atoms with van der Waals surface area (Å²) in [6.07, 6.45) is 15.5. The molecule has 0 saturated heterocycles. The third-order valence-electron chi connectivity index (χ3n) is 17.5. The second-order valence-corrected chi connectivity index (χ2v) is 23.8. The molecule has 3 nitrogen and oxygen atoms in total. The number of allylic oxidation sites excluding steroid dienone is 2. The van der Waals surface area contributed by atoms with E-state index in [-0.39, 0.29) is 0 Å². The molecule has 14 rings (SSSR count). The van der Waals surface area contributed by atoms with Crippen LogP contribution in [0.25, 0.3) is 61.9 Å². The number of hydrogen-bond donors (Lipinski definition) is 0. The summed E-state index contributed by atoms with van der Waals surface area (Å²) < 4.78 is 0. The van der Waals surface area contributed by atoms with Gasteiger partial charge in [-0.25, -0.2) is 0 Å². The summed E-state index contributed by atoms with van der Waals surface area (Å²) in [4.78, 5) is 6.94. The van der Waals surface area contributed by atoms with Crippen LogP contribution in [-0.2, 0) is 0 Å². The molecule has 0 aliphatic heterocycles. The van der Waals surface area contributed by atoms with E-state index in [1.54, 1.807) is 0 Å². The lowest BCUT2D eigenvalue weighted by Crippen LogP contribution is -2.11. The highest BCUT2D eigenvalue weighted by Gasteiger charge is 2.19. The summed E-state index contributed by atoms with van der Waals surface area (Å²) >= 11 is 0. The molecule has 0 N–H and O–H groups in total. The van der Waals surface area contributed by atoms with Crippen molar-refractivity contribution in [3.8, 4) is 22.3 Å². The summed E-state index contributed by atoms with van der Waals surface area (Å²) in [6, 6.07) is 132. The van der Waals surface area contributed by atoms with Crippen LogP contribution < -0.4 is 14.7 Å². The third-order valence-corrected chi connectivity index (χ3v) is 17.5. The Morgan fingerprint density at radius 3 is 1.03 bits per heavy atom. The number of fused-ring (bicyclic) bond motifs is 1. The molecule has 0 spiro atoms. The zero-order valence-electron chi connectivity index (χ0n) is 53.6. The molecule has 14 aromatic rings. The lowest BCUT2D eigenvalue weighted by Gasteiger charge is -2.25. The van der Waals surface area contributed by atoms with E-state index in [2.05, 4.69) is 435 Å². The van der Waals surface area contributed by atoms with Gasteiger partial charge in [0.1, 0.15) is 0 Å². The van der Waals surface area contributed by atoms with Crippen LogP contribution >= 0.6 is 0 Å². The highest BCUT2D eigenvalue weighted by Crippen LogP contribution is 2.40. The summed E-state index contributed by atoms with van der Waals surface area (Å²) in [5, 5.41) is 2.35. The fourth-order valence-electron chi connectivity index (χ4n) is 12.5. The van der Waals surface area contributed by atoms with Gasteiger partial charge in [-0.3, -0.25) is 0 Å². The molecule has 96 heavy (non-hydrogen) atoms. The van der Waals surface area contributed by atoms with Crippen molar-refractivity contribution in [1.82, 2.24) is 0 Å². The molecule has 0 heterocycles. The maximum Gasteiger partial charge on any atom is 0.0534 e. The fourth-order valence-corrected chi connectivity index (χ4v) is 12.5. The highest BCUT2D eigenvalue weighted by atomic mass is 15.1. The Balaban J connectivity index is 0.719. The molecule has 0 aromatic heterocycles. The van der Waals surface area contributed by atoms with Gasteiger partial charge in [-0.05, 0) is 152 Å². The first-order valence-electron chi connectivity index (χ1n) is 32.8. The van der Waals surface area contributed by atoms with Gasteiger partial charge < -0.3 is 14.7 Å². The molecular weight excluding hydrogens is 1160 g/mol. The van der Waals surface area contributed by atoms with Gasteiger partial charge in [0.05, 0.1) is 5.69 Å². The fraction of sp³-hybridized carbons (Fsp3) is 0.0108. The predicted octanol–water partition coefficient (Wildman–Crippen LogP) is 24.9. The molecule has 0 unspecified atom stereocenters. The van der Waals surface area contributed by atoms with E-state index in [0.717, 1.165) is 118 Å². The third kappa shape index (κ3) is 14.2. The quantitative estimate of drug-likeness (QED) is 0.0704. The van der Waals surface area contributed by atoms with Gasteiger partial charge in [0, 0.05) is 69.1 Å². The van der Waals surface area contributed by atoms with Crippen LogP contribution in [0.3, 0.4) is 0 Å². The summed E-state index contributed by atoms with van der Waals surface area (Å²) in [6.45, 7) is 2.14. The summed E-state index contributed by atoms with van der Waals surface area (Å²) in [5.41, 5.74) is 24.8. The minimum atomic E-state index is 1.05. The molecular formula is C93H71N3. The van der Waals surface area contributed by atoms with Crippen molar-refractivity contribution in [2.75, 3.05) is 14.7 Å². The predicted molar refractivity (Wildman–Crippen MR) is 410 cm³/mol. The van der Waals surface area contributed by atoms with Crippen molar-refractivity contribution < 1.29 is 0 Å². The lowest BCUT2D eigenvalue weighted by molar-refractivity contribution is 1.28. The molecule has 0 radical (unpaired) electrons. The maximum absolute atomic E-state index is 2.35. The molecule has 0 bridgehead atoms. The van der Waals surface area contributed by atoms with Gasteiger partial charge in [0.2, 0.25) is 0 Å². The van der Waals surface area contributed by atoms with E-state index in [0.29, 0.717) is 0 Å². The number of para-hydroxylation sites is 2. The Bertz CT molecular complexity index is 4940. The van der Waals surface area contributed by atoms with Crippen molar-refractivity contribution in [2.24, 2.45) is 0 Å². The van der Waals surface area contributed by atoms with E-state index in [4.69, 9.17) is 0 Å². The van der Waals surface area contributed by atoms with Crippen molar-refractivity contribution in [1.29, 1.82) is 0 Å². The molecule has 0 aliphatic carbocycles. The Hall–Kier alpha value is -12.6. The van der Waals surface area contributed by atoms with E-state index in [9.17, 15) is 0 Å². The summed E-state index contributed by atoms with van der Waals surface area (Å²) in [7, 11) is 0. The number of benzene rings is 14. The largest absolute Gasteiger partial charge is 0.317 e. The van der Waals surface area contributed by atoms with E-state index >= 15 is 0 Å². The van der Waals surface area contributed by atoms with Crippen molar-refractivity contribution in [3.05, 3.63) is 451 Å². The first-order chi connectivity index (χ1) is 47.5. The maximum atomic E-state index is 2.35. The van der Waals surface area contributed by atoms with Crippen LogP contribution in [0.2, 0.25) is 0 Å². The highest BCUT2D eigenvalue weighted by molar-refractivity contribution is 6.02. The number of hydrogen-bond acceptors (Lipinski definition) is 3. The van der Waals surface area contributed by atoms with E-state index in [1.165, 1.54) is 16.3 Å². The van der Waals surface area contributed by atoms with Gasteiger partial charge in [0.15, 0.2) is 0 Å². The van der Waals surface area contributed by atoms with Gasteiger partial charge in [-0.2, -0.15) is 0 Å². The Morgan fingerprint density at radius 2 is 0.573 bits per heavy atom. The SMILES string of the molecule is Cc1ccc(N(C=C(c2ccccc2)c2ccccc2)c2ccc(/C=C/C=C/c3ccc(-c4cccc(/C(=C\N(c5ccccc5)c5ccc(-c6ccc(N(C=C(c7ccccc7)c7ccccc7)c7ccccc7)cc6)cc5)c5ccccc5)c4)cc3)c3ccccc23)cc1. The smallest absolute Gasteiger partial charge is 0.0534 e. The zero-order chi connectivity index (χ0) is 64.7. The van der Waals surface area contributed by atoms with E-state index in [1.807, 2.05) is 0 Å². The first kappa shape index (κ1) is 61.0. The molecule has 14 aromatic carbocycles. The average molecular weight is 1230 g/mol. The molecule has 458 valence electrons. The monoisotopic (exact) mass is 1230 g/mol. The molecule has 0 amide bonds. The Labute approximate surface area is 565 Å². The van der Waals surface area contributed by atoms with E-state index < -0.39 is 0 Å². The summed E-state index contributed by atoms with van der Waals surface area (Å²) in [5.74, 6) is 0. The second kappa shape index (κ2) is 29.4. The van der Waals surface area contributed by atoms with Crippen LogP contribution in [0.15, 0.2) is 401 Å². The molecule has 0 atom stereocenters. The lowest BCUT2D eigenvalue weighted by atomic mass is 9.94. The standard InChI is InChI=1S/C93H71N3/c1-70-48-59-87(60-49-70)96(69-91(77-33-13-4-14-34-77)78-35-15-5-16-36-78)93-65-58-80(88-46-25-26-47-89(88)93)39-24-23-28-71-50-52-74(53-51-71)81-40-27-41-82(66-81)92(79-37-17-6-18-38-79)68-95(84-44-21-8-22-45-84)86-63-56-73(57-64-86)72-54-61-85(62-55-72)94(83-42-19-7-20-43-83)67-90(75-29-9-2-10-30-75)76-31-11-3-12-32-76/h2-69H,1H3/b28-23+,39-24+,92-68-. The average Bonchev–Trinajstić information content (AvgIpc) is 0.883. The van der Waals surface area contributed by atoms with Crippen LogP contribution in [0.4, 0.5) is 34.1 Å². The minimum absolute atomic E-state index is 1.05. The first-order valence-corrected chi connectivity index (χ1v) is 32.8. The van der Waals surface area contributed by atoms with Gasteiger partial charge in [-0.15, -0.1) is 0 Å². The second-order valence-electron chi connectivity index (χ2n) is 23.8. The Morgan fingerprint density at radius 1 is 0.240 bits per heavy atom. The zero-order valence-corrected chi connectivity index (χ0v) is 53.6.